The SMILES string of the molecule is NCc1[nH]nc2nc(Cl)ccc12. The third-order valence-corrected chi connectivity index (χ3v) is 1.88. The van der Waals surface area contributed by atoms with Crippen molar-refractivity contribution in [2.24, 2.45) is 5.73 Å². The predicted octanol–water partition coefficient (Wildman–Crippen LogP) is 1.07. The van der Waals surface area contributed by atoms with Gasteiger partial charge in [0.25, 0.3) is 0 Å². The average Bonchev–Trinajstić information content (AvgIpc) is 2.46. The number of aromatic amines is 1. The lowest BCUT2D eigenvalue weighted by Gasteiger charge is -1.90. The van der Waals surface area contributed by atoms with E-state index in [-0.39, 0.29) is 0 Å². The number of halogens is 1. The van der Waals surface area contributed by atoms with E-state index < -0.39 is 0 Å². The third-order valence-electron chi connectivity index (χ3n) is 1.67. The second-order valence-electron chi connectivity index (χ2n) is 2.41. The van der Waals surface area contributed by atoms with Crippen LogP contribution in [0.1, 0.15) is 5.69 Å². The van der Waals surface area contributed by atoms with E-state index >= 15 is 0 Å². The van der Waals surface area contributed by atoms with Gasteiger partial charge >= 0.3 is 0 Å². The molecule has 0 aliphatic carbocycles. The lowest BCUT2D eigenvalue weighted by atomic mass is 10.3. The molecule has 0 aliphatic heterocycles. The summed E-state index contributed by atoms with van der Waals surface area (Å²) in [5, 5.41) is 8.12. The second kappa shape index (κ2) is 2.73. The van der Waals surface area contributed by atoms with Crippen molar-refractivity contribution in [2.75, 3.05) is 0 Å². The smallest absolute Gasteiger partial charge is 0.182 e. The zero-order valence-electron chi connectivity index (χ0n) is 6.21. The summed E-state index contributed by atoms with van der Waals surface area (Å²) < 4.78 is 0. The number of nitrogens with one attached hydrogen (secondary N) is 1. The van der Waals surface area contributed by atoms with Crippen molar-refractivity contribution in [3.05, 3.63) is 23.0 Å². The van der Waals surface area contributed by atoms with Gasteiger partial charge in [0.05, 0.1) is 5.69 Å². The van der Waals surface area contributed by atoms with Crippen LogP contribution in [0.15, 0.2) is 12.1 Å². The van der Waals surface area contributed by atoms with Crippen molar-refractivity contribution in [3.63, 3.8) is 0 Å². The van der Waals surface area contributed by atoms with Gasteiger partial charge in [-0.2, -0.15) is 5.10 Å². The van der Waals surface area contributed by atoms with Crippen molar-refractivity contribution in [1.82, 2.24) is 15.2 Å². The Morgan fingerprint density at radius 2 is 2.33 bits per heavy atom. The number of hydrogen-bond donors (Lipinski definition) is 2. The van der Waals surface area contributed by atoms with Gasteiger partial charge in [-0.05, 0) is 12.1 Å². The van der Waals surface area contributed by atoms with Gasteiger partial charge in [0, 0.05) is 11.9 Å². The number of nitrogens with zero attached hydrogens (tertiary/aromatic N) is 2. The van der Waals surface area contributed by atoms with E-state index in [2.05, 4.69) is 15.2 Å². The Morgan fingerprint density at radius 1 is 1.50 bits per heavy atom. The molecular formula is C7H7ClN4. The summed E-state index contributed by atoms with van der Waals surface area (Å²) in [4.78, 5) is 4.01. The lowest BCUT2D eigenvalue weighted by molar-refractivity contribution is 0.956. The Labute approximate surface area is 73.7 Å². The summed E-state index contributed by atoms with van der Waals surface area (Å²) in [5.41, 5.74) is 6.96. The second-order valence-corrected chi connectivity index (χ2v) is 2.80. The minimum absolute atomic E-state index is 0.430. The Balaban J connectivity index is 2.73. The minimum atomic E-state index is 0.430. The van der Waals surface area contributed by atoms with E-state index in [4.69, 9.17) is 17.3 Å². The Kier molecular flexibility index (Phi) is 1.71. The molecule has 0 spiro atoms. The highest BCUT2D eigenvalue weighted by atomic mass is 35.5. The van der Waals surface area contributed by atoms with Gasteiger partial charge in [-0.25, -0.2) is 4.98 Å². The molecule has 2 heterocycles. The van der Waals surface area contributed by atoms with Gasteiger partial charge in [-0.3, -0.25) is 5.10 Å². The fourth-order valence-electron chi connectivity index (χ4n) is 1.08. The number of aromatic nitrogens is 3. The summed E-state index contributed by atoms with van der Waals surface area (Å²) >= 11 is 5.67. The fourth-order valence-corrected chi connectivity index (χ4v) is 1.23. The van der Waals surface area contributed by atoms with Crippen LogP contribution >= 0.6 is 11.6 Å². The van der Waals surface area contributed by atoms with Crippen LogP contribution in [-0.2, 0) is 6.54 Å². The van der Waals surface area contributed by atoms with Crippen LogP contribution in [0.25, 0.3) is 11.0 Å². The quantitative estimate of drug-likeness (QED) is 0.649. The highest BCUT2D eigenvalue weighted by Crippen LogP contribution is 2.15. The Bertz CT molecular complexity index is 409. The van der Waals surface area contributed by atoms with E-state index in [1.54, 1.807) is 6.07 Å². The Morgan fingerprint density at radius 3 is 3.08 bits per heavy atom. The standard InChI is InChI=1S/C7H7ClN4/c8-6-2-1-4-5(3-9)11-12-7(4)10-6/h1-2H,3,9H2,(H,10,11,12). The molecule has 0 unspecified atom stereocenters. The van der Waals surface area contributed by atoms with E-state index in [0.717, 1.165) is 11.1 Å². The molecular weight excluding hydrogens is 176 g/mol. The van der Waals surface area contributed by atoms with E-state index in [9.17, 15) is 0 Å². The van der Waals surface area contributed by atoms with Gasteiger partial charge in [-0.1, -0.05) is 11.6 Å². The molecule has 62 valence electrons. The number of H-pyrrole nitrogens is 1. The van der Waals surface area contributed by atoms with Crippen LogP contribution in [0.4, 0.5) is 0 Å². The van der Waals surface area contributed by atoms with Crippen LogP contribution < -0.4 is 5.73 Å². The number of fused-ring (bicyclic) bond motifs is 1. The zero-order chi connectivity index (χ0) is 8.55. The molecule has 0 saturated carbocycles. The fraction of sp³-hybridized carbons (Fsp3) is 0.143. The molecule has 0 fully saturated rings. The summed E-state index contributed by atoms with van der Waals surface area (Å²) in [7, 11) is 0. The van der Waals surface area contributed by atoms with Crippen LogP contribution in [0.2, 0.25) is 5.15 Å². The maximum atomic E-state index is 5.67. The minimum Gasteiger partial charge on any atom is -0.325 e. The third kappa shape index (κ3) is 1.05. The van der Waals surface area contributed by atoms with Crippen molar-refractivity contribution in [1.29, 1.82) is 0 Å². The maximum Gasteiger partial charge on any atom is 0.182 e. The molecule has 3 N–H and O–H groups in total. The van der Waals surface area contributed by atoms with Gasteiger partial charge < -0.3 is 5.73 Å². The first-order valence-electron chi connectivity index (χ1n) is 3.51. The molecule has 0 atom stereocenters. The molecule has 0 saturated heterocycles. The van der Waals surface area contributed by atoms with Crippen molar-refractivity contribution in [2.45, 2.75) is 6.54 Å². The van der Waals surface area contributed by atoms with Crippen LogP contribution in [0, 0.1) is 0 Å². The maximum absolute atomic E-state index is 5.67. The Hall–Kier alpha value is -1.13. The zero-order valence-corrected chi connectivity index (χ0v) is 6.97. The average molecular weight is 183 g/mol. The summed E-state index contributed by atoms with van der Waals surface area (Å²) in [6, 6.07) is 3.58. The summed E-state index contributed by atoms with van der Waals surface area (Å²) in [6.45, 7) is 0.430. The topological polar surface area (TPSA) is 67.6 Å². The van der Waals surface area contributed by atoms with Crippen LogP contribution in [0.5, 0.6) is 0 Å². The van der Waals surface area contributed by atoms with Crippen LogP contribution in [0.3, 0.4) is 0 Å². The first kappa shape index (κ1) is 7.52. The van der Waals surface area contributed by atoms with Crippen molar-refractivity contribution in [3.8, 4) is 0 Å². The van der Waals surface area contributed by atoms with Crippen molar-refractivity contribution < 1.29 is 0 Å². The molecule has 5 heteroatoms. The molecule has 0 radical (unpaired) electrons. The number of hydrogen-bond acceptors (Lipinski definition) is 3. The molecule has 2 rings (SSSR count). The summed E-state index contributed by atoms with van der Waals surface area (Å²) in [6.07, 6.45) is 0. The van der Waals surface area contributed by atoms with Crippen LogP contribution in [-0.4, -0.2) is 15.2 Å². The van der Waals surface area contributed by atoms with E-state index in [1.165, 1.54) is 0 Å². The van der Waals surface area contributed by atoms with Crippen molar-refractivity contribution >= 4 is 22.6 Å². The van der Waals surface area contributed by atoms with Gasteiger partial charge in [-0.15, -0.1) is 0 Å². The van der Waals surface area contributed by atoms with Gasteiger partial charge in [0.15, 0.2) is 5.65 Å². The molecule has 2 aromatic rings. The first-order chi connectivity index (χ1) is 5.81. The lowest BCUT2D eigenvalue weighted by Crippen LogP contribution is -1.96. The summed E-state index contributed by atoms with van der Waals surface area (Å²) in [5.74, 6) is 0. The molecule has 2 aromatic heterocycles. The molecule has 0 bridgehead atoms. The number of pyridine rings is 1. The van der Waals surface area contributed by atoms with E-state index in [0.29, 0.717) is 17.3 Å². The largest absolute Gasteiger partial charge is 0.325 e. The number of nitrogens with two attached hydrogens (primary N) is 1. The van der Waals surface area contributed by atoms with Gasteiger partial charge in [0.2, 0.25) is 0 Å². The normalized spacial score (nSPS) is 10.8. The molecule has 4 nitrogen and oxygen atoms in total. The number of rotatable bonds is 1. The monoisotopic (exact) mass is 182 g/mol. The predicted molar refractivity (Wildman–Crippen MR) is 46.8 cm³/mol. The molecule has 12 heavy (non-hydrogen) atoms. The molecule has 0 aromatic carbocycles. The highest BCUT2D eigenvalue weighted by molar-refractivity contribution is 6.29. The highest BCUT2D eigenvalue weighted by Gasteiger charge is 2.04. The first-order valence-corrected chi connectivity index (χ1v) is 3.88. The van der Waals surface area contributed by atoms with E-state index in [1.807, 2.05) is 6.07 Å². The van der Waals surface area contributed by atoms with Gasteiger partial charge in [0.1, 0.15) is 5.15 Å². The molecule has 0 amide bonds. The molecule has 0 aliphatic rings.